The van der Waals surface area contributed by atoms with Crippen LogP contribution < -0.4 is 5.56 Å². The van der Waals surface area contributed by atoms with Crippen molar-refractivity contribution in [3.8, 4) is 0 Å². The van der Waals surface area contributed by atoms with Crippen LogP contribution in [-0.2, 0) is 24.3 Å². The maximum Gasteiger partial charge on any atom is 0.323 e. The lowest BCUT2D eigenvalue weighted by molar-refractivity contribution is -0.137. The molecule has 4 aromatic rings. The van der Waals surface area contributed by atoms with E-state index in [1.54, 1.807) is 22.8 Å². The number of halogens is 1. The first-order valence-electron chi connectivity index (χ1n) is 9.52. The van der Waals surface area contributed by atoms with E-state index in [0.29, 0.717) is 17.7 Å². The molecule has 0 bridgehead atoms. The molecule has 0 spiro atoms. The molecule has 2 heterocycles. The number of rotatable bonds is 6. The fraction of sp³-hybridized carbons (Fsp3) is 0.174. The van der Waals surface area contributed by atoms with Gasteiger partial charge in [-0.05, 0) is 42.3 Å². The number of hydrogen-bond acceptors (Lipinski definition) is 3. The maximum atomic E-state index is 13.5. The van der Waals surface area contributed by atoms with Crippen molar-refractivity contribution in [1.29, 1.82) is 0 Å². The summed E-state index contributed by atoms with van der Waals surface area (Å²) in [7, 11) is 0. The average Bonchev–Trinajstić information content (AvgIpc) is 2.96. The first-order valence-corrected chi connectivity index (χ1v) is 9.52. The molecular formula is C23H20FN3O3. The molecule has 0 atom stereocenters. The molecule has 0 amide bonds. The monoisotopic (exact) mass is 405 g/mol. The first kappa shape index (κ1) is 19.6. The van der Waals surface area contributed by atoms with Crippen molar-refractivity contribution in [2.75, 3.05) is 0 Å². The summed E-state index contributed by atoms with van der Waals surface area (Å²) >= 11 is 0. The molecule has 0 aliphatic carbocycles. The number of aliphatic carboxylic acids is 1. The largest absolute Gasteiger partial charge is 0.480 e. The van der Waals surface area contributed by atoms with Gasteiger partial charge in [-0.25, -0.2) is 9.07 Å². The Morgan fingerprint density at radius 1 is 1.10 bits per heavy atom. The SMILES string of the molecule is Cc1c(Cc2ccc(=O)n(Cc3cccc(F)c3)n2)c2ccccc2n1CC(=O)O. The van der Waals surface area contributed by atoms with Crippen molar-refractivity contribution < 1.29 is 14.3 Å². The van der Waals surface area contributed by atoms with Gasteiger partial charge in [-0.2, -0.15) is 5.10 Å². The third-order valence-corrected chi connectivity index (χ3v) is 5.16. The van der Waals surface area contributed by atoms with E-state index in [0.717, 1.165) is 22.2 Å². The topological polar surface area (TPSA) is 77.1 Å². The van der Waals surface area contributed by atoms with Crippen LogP contribution in [0.4, 0.5) is 4.39 Å². The van der Waals surface area contributed by atoms with Gasteiger partial charge in [0.05, 0.1) is 12.2 Å². The number of aromatic nitrogens is 3. The molecule has 0 aliphatic heterocycles. The van der Waals surface area contributed by atoms with Gasteiger partial charge in [0, 0.05) is 29.1 Å². The zero-order valence-corrected chi connectivity index (χ0v) is 16.4. The van der Waals surface area contributed by atoms with Crippen LogP contribution in [0, 0.1) is 12.7 Å². The lowest BCUT2D eigenvalue weighted by Crippen LogP contribution is -2.23. The highest BCUT2D eigenvalue weighted by atomic mass is 19.1. The van der Waals surface area contributed by atoms with Gasteiger partial charge in [-0.3, -0.25) is 9.59 Å². The highest BCUT2D eigenvalue weighted by Gasteiger charge is 2.16. The Balaban J connectivity index is 1.71. The van der Waals surface area contributed by atoms with E-state index in [1.807, 2.05) is 31.2 Å². The van der Waals surface area contributed by atoms with E-state index in [-0.39, 0.29) is 24.5 Å². The number of carbonyl (C=O) groups is 1. The Morgan fingerprint density at radius 2 is 1.90 bits per heavy atom. The standard InChI is InChI=1S/C23H20FN3O3/c1-15-20(19-7-2-3-8-21(19)26(15)14-23(29)30)12-18-9-10-22(28)27(25-18)13-16-5-4-6-17(24)11-16/h2-11H,12-14H2,1H3,(H,29,30). The van der Waals surface area contributed by atoms with Gasteiger partial charge in [0.15, 0.2) is 0 Å². The second kappa shape index (κ2) is 7.94. The quantitative estimate of drug-likeness (QED) is 0.534. The minimum Gasteiger partial charge on any atom is -0.480 e. The minimum atomic E-state index is -0.910. The predicted octanol–water partition coefficient (Wildman–Crippen LogP) is 3.37. The van der Waals surface area contributed by atoms with Gasteiger partial charge in [-0.15, -0.1) is 0 Å². The second-order valence-electron chi connectivity index (χ2n) is 7.19. The van der Waals surface area contributed by atoms with Crippen LogP contribution in [0.3, 0.4) is 0 Å². The van der Waals surface area contributed by atoms with Crippen LogP contribution in [0.2, 0.25) is 0 Å². The summed E-state index contributed by atoms with van der Waals surface area (Å²) in [5, 5.41) is 14.7. The van der Waals surface area contributed by atoms with Crippen LogP contribution in [0.15, 0.2) is 65.5 Å². The molecule has 30 heavy (non-hydrogen) atoms. The average molecular weight is 405 g/mol. The molecule has 152 valence electrons. The minimum absolute atomic E-state index is 0.126. The maximum absolute atomic E-state index is 13.5. The molecule has 2 aromatic carbocycles. The molecule has 2 aromatic heterocycles. The molecule has 7 heteroatoms. The highest BCUT2D eigenvalue weighted by Crippen LogP contribution is 2.27. The van der Waals surface area contributed by atoms with Gasteiger partial charge in [0.1, 0.15) is 12.4 Å². The van der Waals surface area contributed by atoms with Gasteiger partial charge in [-0.1, -0.05) is 30.3 Å². The van der Waals surface area contributed by atoms with Crippen LogP contribution in [0.25, 0.3) is 10.9 Å². The van der Waals surface area contributed by atoms with Crippen LogP contribution >= 0.6 is 0 Å². The molecule has 0 unspecified atom stereocenters. The van der Waals surface area contributed by atoms with E-state index in [9.17, 15) is 19.1 Å². The summed E-state index contributed by atoms with van der Waals surface area (Å²) in [6.07, 6.45) is 0.447. The zero-order valence-electron chi connectivity index (χ0n) is 16.4. The third-order valence-electron chi connectivity index (χ3n) is 5.16. The number of fused-ring (bicyclic) bond motifs is 1. The van der Waals surface area contributed by atoms with Crippen LogP contribution in [0.5, 0.6) is 0 Å². The van der Waals surface area contributed by atoms with Crippen molar-refractivity contribution in [1.82, 2.24) is 14.3 Å². The normalized spacial score (nSPS) is 11.1. The summed E-state index contributed by atoms with van der Waals surface area (Å²) in [6, 6.07) is 16.8. The van der Waals surface area contributed by atoms with Crippen molar-refractivity contribution in [2.45, 2.75) is 26.4 Å². The summed E-state index contributed by atoms with van der Waals surface area (Å²) in [6.45, 7) is 1.93. The van der Waals surface area contributed by atoms with Crippen LogP contribution in [-0.4, -0.2) is 25.4 Å². The molecule has 0 saturated carbocycles. The summed E-state index contributed by atoms with van der Waals surface area (Å²) in [5.74, 6) is -1.27. The van der Waals surface area contributed by atoms with E-state index in [4.69, 9.17) is 0 Å². The number of para-hydroxylation sites is 1. The van der Waals surface area contributed by atoms with Crippen molar-refractivity contribution in [3.63, 3.8) is 0 Å². The van der Waals surface area contributed by atoms with E-state index in [1.165, 1.54) is 22.9 Å². The van der Waals surface area contributed by atoms with E-state index < -0.39 is 5.97 Å². The van der Waals surface area contributed by atoms with E-state index >= 15 is 0 Å². The Hall–Kier alpha value is -3.74. The van der Waals surface area contributed by atoms with Crippen molar-refractivity contribution in [3.05, 3.63) is 99.3 Å². The number of carboxylic acid groups (broad SMARTS) is 1. The van der Waals surface area contributed by atoms with Gasteiger partial charge in [0.2, 0.25) is 0 Å². The second-order valence-corrected chi connectivity index (χ2v) is 7.19. The van der Waals surface area contributed by atoms with Gasteiger partial charge >= 0.3 is 5.97 Å². The Kier molecular flexibility index (Phi) is 5.18. The molecule has 4 rings (SSSR count). The zero-order chi connectivity index (χ0) is 21.3. The fourth-order valence-corrected chi connectivity index (χ4v) is 3.75. The van der Waals surface area contributed by atoms with Gasteiger partial charge in [0.25, 0.3) is 5.56 Å². The molecule has 0 radical (unpaired) electrons. The summed E-state index contributed by atoms with van der Waals surface area (Å²) in [5.41, 5.74) is 3.72. The van der Waals surface area contributed by atoms with Crippen molar-refractivity contribution >= 4 is 16.9 Å². The summed E-state index contributed by atoms with van der Waals surface area (Å²) < 4.78 is 16.6. The first-order chi connectivity index (χ1) is 14.4. The summed E-state index contributed by atoms with van der Waals surface area (Å²) in [4.78, 5) is 23.6. The highest BCUT2D eigenvalue weighted by molar-refractivity contribution is 5.87. The molecular weight excluding hydrogens is 385 g/mol. The number of carboxylic acids is 1. The predicted molar refractivity (Wildman–Crippen MR) is 111 cm³/mol. The molecule has 0 saturated heterocycles. The smallest absolute Gasteiger partial charge is 0.323 e. The van der Waals surface area contributed by atoms with Gasteiger partial charge < -0.3 is 9.67 Å². The number of nitrogens with zero attached hydrogens (tertiary/aromatic N) is 3. The number of hydrogen-bond donors (Lipinski definition) is 1. The lowest BCUT2D eigenvalue weighted by Gasteiger charge is -2.08. The number of benzene rings is 2. The Morgan fingerprint density at radius 3 is 2.67 bits per heavy atom. The Bertz CT molecular complexity index is 1310. The molecule has 0 fully saturated rings. The molecule has 0 aliphatic rings. The molecule has 6 nitrogen and oxygen atoms in total. The molecule has 1 N–H and O–H groups in total. The fourth-order valence-electron chi connectivity index (χ4n) is 3.75. The lowest BCUT2D eigenvalue weighted by atomic mass is 10.1. The van der Waals surface area contributed by atoms with Crippen LogP contribution in [0.1, 0.15) is 22.5 Å². The van der Waals surface area contributed by atoms with Crippen molar-refractivity contribution in [2.24, 2.45) is 0 Å². The third kappa shape index (κ3) is 3.87. The van der Waals surface area contributed by atoms with E-state index in [2.05, 4.69) is 5.10 Å². The Labute approximate surface area is 171 Å².